The summed E-state index contributed by atoms with van der Waals surface area (Å²) in [6.45, 7) is 10.0. The second kappa shape index (κ2) is 6.36. The summed E-state index contributed by atoms with van der Waals surface area (Å²) < 4.78 is 5.54. The van der Waals surface area contributed by atoms with Crippen molar-refractivity contribution >= 4 is 5.69 Å². The molecule has 0 aromatic heterocycles. The molecule has 4 nitrogen and oxygen atoms in total. The van der Waals surface area contributed by atoms with Crippen LogP contribution >= 0.6 is 0 Å². The first-order valence-corrected chi connectivity index (χ1v) is 9.03. The van der Waals surface area contributed by atoms with E-state index in [-0.39, 0.29) is 11.6 Å². The van der Waals surface area contributed by atoms with E-state index in [4.69, 9.17) is 9.57 Å². The third-order valence-electron chi connectivity index (χ3n) is 4.88. The van der Waals surface area contributed by atoms with Crippen molar-refractivity contribution in [2.24, 2.45) is 0 Å². The second-order valence-electron chi connectivity index (χ2n) is 7.69. The fourth-order valence-electron chi connectivity index (χ4n) is 3.70. The number of morpholine rings is 1. The number of hydroxylamine groups is 2. The number of rotatable bonds is 2. The second-order valence-corrected chi connectivity index (χ2v) is 7.69. The molecule has 0 amide bonds. The van der Waals surface area contributed by atoms with Gasteiger partial charge in [0.05, 0.1) is 13.2 Å². The summed E-state index contributed by atoms with van der Waals surface area (Å²) in [4.78, 5) is 8.77. The number of hydrogen-bond donors (Lipinski definition) is 0. The highest BCUT2D eigenvalue weighted by Gasteiger charge is 2.42. The van der Waals surface area contributed by atoms with E-state index >= 15 is 0 Å². The van der Waals surface area contributed by atoms with Crippen LogP contribution in [0.5, 0.6) is 5.75 Å². The zero-order chi connectivity index (χ0) is 17.4. The van der Waals surface area contributed by atoms with Crippen LogP contribution in [0, 0.1) is 0 Å². The van der Waals surface area contributed by atoms with Crippen LogP contribution in [0.15, 0.2) is 48.5 Å². The van der Waals surface area contributed by atoms with E-state index in [9.17, 15) is 0 Å². The normalized spacial score (nSPS) is 21.1. The molecule has 0 aliphatic carbocycles. The standard InChI is InChI=1S/C21H26N2O2/c1-21(2,3)23-20(16-8-5-4-6-9-16)19-17(10-7-11-18(19)25-23)22-12-14-24-15-13-22/h4-11,20H,12-15H2,1-3H3. The van der Waals surface area contributed by atoms with E-state index in [0.717, 1.165) is 32.1 Å². The van der Waals surface area contributed by atoms with Crippen molar-refractivity contribution in [2.75, 3.05) is 31.2 Å². The Labute approximate surface area is 149 Å². The molecule has 1 fully saturated rings. The minimum Gasteiger partial charge on any atom is -0.404 e. The van der Waals surface area contributed by atoms with Crippen LogP contribution in [0.1, 0.15) is 37.9 Å². The van der Waals surface area contributed by atoms with Crippen molar-refractivity contribution in [2.45, 2.75) is 32.4 Å². The first kappa shape index (κ1) is 16.4. The van der Waals surface area contributed by atoms with Gasteiger partial charge >= 0.3 is 0 Å². The van der Waals surface area contributed by atoms with Crippen molar-refractivity contribution in [3.8, 4) is 5.75 Å². The third-order valence-corrected chi connectivity index (χ3v) is 4.88. The van der Waals surface area contributed by atoms with Gasteiger partial charge in [0.1, 0.15) is 6.04 Å². The molecule has 0 radical (unpaired) electrons. The summed E-state index contributed by atoms with van der Waals surface area (Å²) in [6.07, 6.45) is 0. The maximum Gasteiger partial charge on any atom is 0.154 e. The van der Waals surface area contributed by atoms with Gasteiger partial charge in [-0.25, -0.2) is 0 Å². The molecule has 0 bridgehead atoms. The van der Waals surface area contributed by atoms with Crippen LogP contribution in [-0.4, -0.2) is 36.9 Å². The molecule has 2 aromatic rings. The molecule has 0 N–H and O–H groups in total. The molecule has 1 saturated heterocycles. The van der Waals surface area contributed by atoms with Crippen molar-refractivity contribution < 1.29 is 9.57 Å². The largest absolute Gasteiger partial charge is 0.404 e. The first-order chi connectivity index (χ1) is 12.1. The molecule has 25 heavy (non-hydrogen) atoms. The van der Waals surface area contributed by atoms with E-state index in [1.807, 2.05) is 0 Å². The highest BCUT2D eigenvalue weighted by atomic mass is 16.7. The molecule has 2 aliphatic heterocycles. The molecule has 0 spiro atoms. The number of nitrogens with zero attached hydrogens (tertiary/aromatic N) is 2. The van der Waals surface area contributed by atoms with Crippen LogP contribution < -0.4 is 9.74 Å². The average Bonchev–Trinajstić information content (AvgIpc) is 3.03. The van der Waals surface area contributed by atoms with Gasteiger partial charge in [0.25, 0.3) is 0 Å². The lowest BCUT2D eigenvalue weighted by Crippen LogP contribution is -2.43. The molecule has 2 heterocycles. The number of ether oxygens (including phenoxy) is 1. The lowest BCUT2D eigenvalue weighted by Gasteiger charge is -2.36. The summed E-state index contributed by atoms with van der Waals surface area (Å²) in [5, 5.41) is 2.14. The predicted molar refractivity (Wildman–Crippen MR) is 100.0 cm³/mol. The maximum absolute atomic E-state index is 6.35. The van der Waals surface area contributed by atoms with Crippen LogP contribution in [0.2, 0.25) is 0 Å². The van der Waals surface area contributed by atoms with Gasteiger partial charge in [-0.1, -0.05) is 36.4 Å². The Morgan fingerprint density at radius 3 is 2.32 bits per heavy atom. The Bertz CT molecular complexity index is 733. The first-order valence-electron chi connectivity index (χ1n) is 9.03. The lowest BCUT2D eigenvalue weighted by atomic mass is 9.93. The van der Waals surface area contributed by atoms with Crippen LogP contribution in [0.3, 0.4) is 0 Å². The van der Waals surface area contributed by atoms with Crippen LogP contribution in [-0.2, 0) is 4.74 Å². The summed E-state index contributed by atoms with van der Waals surface area (Å²) in [5.74, 6) is 0.966. The predicted octanol–water partition coefficient (Wildman–Crippen LogP) is 4.02. The van der Waals surface area contributed by atoms with Gasteiger partial charge in [-0.05, 0) is 38.5 Å². The van der Waals surface area contributed by atoms with E-state index in [1.54, 1.807) is 0 Å². The molecular formula is C21H26N2O2. The number of benzene rings is 2. The van der Waals surface area contributed by atoms with Crippen LogP contribution in [0.4, 0.5) is 5.69 Å². The highest BCUT2D eigenvalue weighted by Crippen LogP contribution is 2.49. The summed E-state index contributed by atoms with van der Waals surface area (Å²) in [7, 11) is 0. The molecule has 4 heteroatoms. The molecule has 132 valence electrons. The van der Waals surface area contributed by atoms with Gasteiger partial charge in [-0.3, -0.25) is 0 Å². The van der Waals surface area contributed by atoms with E-state index in [0.29, 0.717) is 0 Å². The van der Waals surface area contributed by atoms with Crippen LogP contribution in [0.25, 0.3) is 0 Å². The molecule has 2 aromatic carbocycles. The van der Waals surface area contributed by atoms with E-state index < -0.39 is 0 Å². The van der Waals surface area contributed by atoms with Gasteiger partial charge in [0.2, 0.25) is 0 Å². The number of fused-ring (bicyclic) bond motifs is 1. The van der Waals surface area contributed by atoms with Crippen molar-refractivity contribution in [1.29, 1.82) is 0 Å². The van der Waals surface area contributed by atoms with Crippen molar-refractivity contribution in [3.05, 3.63) is 59.7 Å². The molecule has 0 saturated carbocycles. The Hall–Kier alpha value is -2.04. The summed E-state index contributed by atoms with van der Waals surface area (Å²) >= 11 is 0. The topological polar surface area (TPSA) is 24.9 Å². The Morgan fingerprint density at radius 2 is 1.64 bits per heavy atom. The van der Waals surface area contributed by atoms with E-state index in [1.165, 1.54) is 16.8 Å². The zero-order valence-electron chi connectivity index (χ0n) is 15.2. The summed E-state index contributed by atoms with van der Waals surface area (Å²) in [5.41, 5.74) is 3.69. The number of anilines is 1. The fourth-order valence-corrected chi connectivity index (χ4v) is 3.70. The quantitative estimate of drug-likeness (QED) is 0.826. The molecule has 2 aliphatic rings. The molecule has 1 atom stereocenters. The van der Waals surface area contributed by atoms with Crippen molar-refractivity contribution in [1.82, 2.24) is 5.06 Å². The highest BCUT2D eigenvalue weighted by molar-refractivity contribution is 5.64. The SMILES string of the molecule is CC(C)(C)N1Oc2cccc(N3CCOCC3)c2C1c1ccccc1. The van der Waals surface area contributed by atoms with Crippen molar-refractivity contribution in [3.63, 3.8) is 0 Å². The van der Waals surface area contributed by atoms with Gasteiger partial charge in [-0.2, -0.15) is 0 Å². The van der Waals surface area contributed by atoms with Gasteiger partial charge < -0.3 is 14.5 Å². The number of hydrogen-bond acceptors (Lipinski definition) is 4. The Kier molecular flexibility index (Phi) is 4.18. The molecule has 4 rings (SSSR count). The smallest absolute Gasteiger partial charge is 0.154 e. The zero-order valence-corrected chi connectivity index (χ0v) is 15.2. The summed E-state index contributed by atoms with van der Waals surface area (Å²) in [6, 6.07) is 17.1. The Morgan fingerprint density at radius 1 is 0.920 bits per heavy atom. The molecular weight excluding hydrogens is 312 g/mol. The fraction of sp³-hybridized carbons (Fsp3) is 0.429. The minimum absolute atomic E-state index is 0.0928. The Balaban J connectivity index is 1.84. The average molecular weight is 338 g/mol. The van der Waals surface area contributed by atoms with Gasteiger partial charge in [0, 0.05) is 29.9 Å². The van der Waals surface area contributed by atoms with E-state index in [2.05, 4.69) is 79.3 Å². The lowest BCUT2D eigenvalue weighted by molar-refractivity contribution is -0.128. The van der Waals surface area contributed by atoms with Gasteiger partial charge in [0.15, 0.2) is 5.75 Å². The minimum atomic E-state index is -0.109. The molecule has 1 unspecified atom stereocenters. The maximum atomic E-state index is 6.35. The van der Waals surface area contributed by atoms with Gasteiger partial charge in [-0.15, -0.1) is 5.06 Å². The monoisotopic (exact) mass is 338 g/mol. The third kappa shape index (κ3) is 3.00.